The largest absolute Gasteiger partial charge is 0.472 e. The van der Waals surface area contributed by atoms with Gasteiger partial charge in [-0.3, -0.25) is 18.6 Å². The van der Waals surface area contributed by atoms with E-state index in [4.69, 9.17) is 24.3 Å². The fourth-order valence-corrected chi connectivity index (χ4v) is 7.15. The summed E-state index contributed by atoms with van der Waals surface area (Å²) in [6.45, 7) is 3.74. The predicted octanol–water partition coefficient (Wildman–Crippen LogP) is 13.2. The second-order valence-electron chi connectivity index (χ2n) is 15.3. The zero-order valence-electron chi connectivity index (χ0n) is 35.7. The van der Waals surface area contributed by atoms with Crippen LogP contribution in [0.2, 0.25) is 0 Å². The summed E-state index contributed by atoms with van der Waals surface area (Å²) < 4.78 is 32.8. The van der Waals surface area contributed by atoms with Gasteiger partial charge in [-0.2, -0.15) is 0 Å². The molecule has 9 nitrogen and oxygen atoms in total. The van der Waals surface area contributed by atoms with E-state index < -0.39 is 26.5 Å². The van der Waals surface area contributed by atoms with E-state index in [9.17, 15) is 19.0 Å². The van der Waals surface area contributed by atoms with Gasteiger partial charge in [-0.05, 0) is 64.2 Å². The highest BCUT2D eigenvalue weighted by atomic mass is 31.2. The minimum Gasteiger partial charge on any atom is -0.462 e. The predicted molar refractivity (Wildman–Crippen MR) is 229 cm³/mol. The molecular formula is C45H86NO8P. The molecule has 0 rings (SSSR count). The van der Waals surface area contributed by atoms with Crippen molar-refractivity contribution in [2.24, 2.45) is 5.73 Å². The Balaban J connectivity index is 4.12. The van der Waals surface area contributed by atoms with E-state index in [-0.39, 0.29) is 38.6 Å². The van der Waals surface area contributed by atoms with Crippen molar-refractivity contribution in [1.82, 2.24) is 0 Å². The smallest absolute Gasteiger partial charge is 0.462 e. The molecule has 1 unspecified atom stereocenters. The summed E-state index contributed by atoms with van der Waals surface area (Å²) in [7, 11) is -4.38. The van der Waals surface area contributed by atoms with E-state index in [0.29, 0.717) is 6.42 Å². The highest BCUT2D eigenvalue weighted by molar-refractivity contribution is 7.47. The molecule has 2 atom stereocenters. The molecule has 0 heterocycles. The van der Waals surface area contributed by atoms with E-state index in [1.54, 1.807) is 0 Å². The number of phosphoric acid groups is 1. The Bertz CT molecular complexity index is 959. The lowest BCUT2D eigenvalue weighted by Gasteiger charge is -2.19. The standard InChI is InChI=1S/C45H86NO8P/c1-3-5-7-9-11-13-15-17-19-21-23-25-27-29-31-33-35-37-44(47)51-41-43(42-53-55(49,50)52-40-39-46)54-45(48)38-36-34-32-30-28-26-24-22-20-18-16-14-12-10-8-6-4-2/h17-20,43H,3-16,21-42,46H2,1-2H3,(H,49,50)/b19-17+,20-18+/t43-/m1/s1. The fraction of sp³-hybridized carbons (Fsp3) is 0.867. The Morgan fingerprint density at radius 1 is 0.527 bits per heavy atom. The number of carbonyl (C=O) groups excluding carboxylic acids is 2. The van der Waals surface area contributed by atoms with Crippen molar-refractivity contribution in [2.45, 2.75) is 225 Å². The van der Waals surface area contributed by atoms with Crippen molar-refractivity contribution in [1.29, 1.82) is 0 Å². The lowest BCUT2D eigenvalue weighted by atomic mass is 10.1. The van der Waals surface area contributed by atoms with Crippen LogP contribution in [0.4, 0.5) is 0 Å². The molecule has 0 fully saturated rings. The second kappa shape index (κ2) is 42.1. The summed E-state index contributed by atoms with van der Waals surface area (Å²) in [5, 5.41) is 0. The van der Waals surface area contributed by atoms with Crippen LogP contribution in [-0.2, 0) is 32.7 Å². The van der Waals surface area contributed by atoms with Gasteiger partial charge < -0.3 is 20.1 Å². The second-order valence-corrected chi connectivity index (χ2v) is 16.7. The molecule has 0 saturated carbocycles. The van der Waals surface area contributed by atoms with Gasteiger partial charge in [0.2, 0.25) is 0 Å². The molecule has 0 aliphatic heterocycles. The van der Waals surface area contributed by atoms with E-state index in [1.165, 1.54) is 128 Å². The molecule has 0 aromatic carbocycles. The summed E-state index contributed by atoms with van der Waals surface area (Å²) in [6.07, 6.45) is 44.9. The van der Waals surface area contributed by atoms with Crippen LogP contribution in [0.25, 0.3) is 0 Å². The van der Waals surface area contributed by atoms with Crippen molar-refractivity contribution in [3.63, 3.8) is 0 Å². The molecule has 0 bridgehead atoms. The normalized spacial score (nSPS) is 13.5. The first-order valence-corrected chi connectivity index (χ1v) is 24.3. The van der Waals surface area contributed by atoms with E-state index in [0.717, 1.165) is 57.8 Å². The minimum absolute atomic E-state index is 0.0532. The molecule has 3 N–H and O–H groups in total. The summed E-state index contributed by atoms with van der Waals surface area (Å²) in [4.78, 5) is 34.9. The Hall–Kier alpha value is -1.51. The fourth-order valence-electron chi connectivity index (χ4n) is 6.39. The Morgan fingerprint density at radius 3 is 1.29 bits per heavy atom. The molecule has 0 aromatic heterocycles. The Kier molecular flexibility index (Phi) is 40.9. The molecule has 0 spiro atoms. The summed E-state index contributed by atoms with van der Waals surface area (Å²) in [6, 6.07) is 0. The molecule has 0 aliphatic rings. The number of phosphoric ester groups is 1. The number of ether oxygens (including phenoxy) is 2. The van der Waals surface area contributed by atoms with Gasteiger partial charge in [0, 0.05) is 19.4 Å². The zero-order valence-corrected chi connectivity index (χ0v) is 36.6. The highest BCUT2D eigenvalue weighted by Gasteiger charge is 2.26. The maximum absolute atomic E-state index is 12.6. The van der Waals surface area contributed by atoms with Gasteiger partial charge in [0.1, 0.15) is 6.61 Å². The van der Waals surface area contributed by atoms with Crippen molar-refractivity contribution >= 4 is 19.8 Å². The molecule has 0 saturated heterocycles. The topological polar surface area (TPSA) is 134 Å². The maximum atomic E-state index is 12.6. The van der Waals surface area contributed by atoms with E-state index in [1.807, 2.05) is 0 Å². The molecule has 0 aliphatic carbocycles. The average Bonchev–Trinajstić information content (AvgIpc) is 3.17. The van der Waals surface area contributed by atoms with Crippen LogP contribution in [0, 0.1) is 0 Å². The van der Waals surface area contributed by atoms with Crippen molar-refractivity contribution in [3.05, 3.63) is 24.3 Å². The number of nitrogens with two attached hydrogens (primary N) is 1. The van der Waals surface area contributed by atoms with E-state index >= 15 is 0 Å². The summed E-state index contributed by atoms with van der Waals surface area (Å²) >= 11 is 0. The third-order valence-electron chi connectivity index (χ3n) is 9.81. The SMILES string of the molecule is CCCCCCCC/C=C/CCCCCCCCCC(=O)OC[C@H](COP(=O)(O)OCCN)OC(=O)CCCCCCCCC/C=C/CCCCCCCC. The molecular weight excluding hydrogens is 713 g/mol. The van der Waals surface area contributed by atoms with Crippen molar-refractivity contribution in [2.75, 3.05) is 26.4 Å². The molecule has 0 aromatic rings. The lowest BCUT2D eigenvalue weighted by Crippen LogP contribution is -2.29. The minimum atomic E-state index is -4.38. The van der Waals surface area contributed by atoms with Gasteiger partial charge in [-0.1, -0.05) is 167 Å². The quantitative estimate of drug-likeness (QED) is 0.0267. The van der Waals surface area contributed by atoms with Gasteiger partial charge in [0.05, 0.1) is 13.2 Å². The van der Waals surface area contributed by atoms with Gasteiger partial charge >= 0.3 is 19.8 Å². The Morgan fingerprint density at radius 2 is 0.891 bits per heavy atom. The molecule has 55 heavy (non-hydrogen) atoms. The van der Waals surface area contributed by atoms with Crippen LogP contribution in [0.5, 0.6) is 0 Å². The number of unbranched alkanes of at least 4 members (excludes halogenated alkanes) is 26. The lowest BCUT2D eigenvalue weighted by molar-refractivity contribution is -0.161. The van der Waals surface area contributed by atoms with Crippen LogP contribution >= 0.6 is 7.82 Å². The van der Waals surface area contributed by atoms with Crippen LogP contribution in [0.15, 0.2) is 24.3 Å². The monoisotopic (exact) mass is 800 g/mol. The zero-order chi connectivity index (χ0) is 40.3. The maximum Gasteiger partial charge on any atom is 0.472 e. The molecule has 324 valence electrons. The third kappa shape index (κ3) is 41.9. The Labute approximate surface area is 338 Å². The number of rotatable bonds is 43. The van der Waals surface area contributed by atoms with Crippen molar-refractivity contribution in [3.8, 4) is 0 Å². The van der Waals surface area contributed by atoms with Gasteiger partial charge in [-0.15, -0.1) is 0 Å². The summed E-state index contributed by atoms with van der Waals surface area (Å²) in [5.41, 5.74) is 5.35. The first-order chi connectivity index (χ1) is 26.8. The number of carbonyl (C=O) groups is 2. The first kappa shape index (κ1) is 53.5. The molecule has 10 heteroatoms. The van der Waals surface area contributed by atoms with Gasteiger partial charge in [-0.25, -0.2) is 4.57 Å². The summed E-state index contributed by atoms with van der Waals surface area (Å²) in [5.74, 6) is -0.832. The van der Waals surface area contributed by atoms with Crippen LogP contribution in [-0.4, -0.2) is 49.3 Å². The van der Waals surface area contributed by atoms with Crippen LogP contribution < -0.4 is 5.73 Å². The number of hydrogen-bond donors (Lipinski definition) is 2. The van der Waals surface area contributed by atoms with Gasteiger partial charge in [0.25, 0.3) is 0 Å². The highest BCUT2D eigenvalue weighted by Crippen LogP contribution is 2.43. The number of allylic oxidation sites excluding steroid dienone is 4. The van der Waals surface area contributed by atoms with Gasteiger partial charge in [0.15, 0.2) is 6.10 Å². The van der Waals surface area contributed by atoms with E-state index in [2.05, 4.69) is 38.2 Å². The number of esters is 2. The average molecular weight is 800 g/mol. The third-order valence-corrected chi connectivity index (χ3v) is 10.8. The molecule has 0 amide bonds. The van der Waals surface area contributed by atoms with Crippen molar-refractivity contribution < 1.29 is 37.6 Å². The van der Waals surface area contributed by atoms with Crippen LogP contribution in [0.3, 0.4) is 0 Å². The number of hydrogen-bond acceptors (Lipinski definition) is 8. The molecule has 0 radical (unpaired) electrons. The van der Waals surface area contributed by atoms with Crippen LogP contribution in [0.1, 0.15) is 219 Å². The first-order valence-electron chi connectivity index (χ1n) is 22.8.